The van der Waals surface area contributed by atoms with E-state index < -0.39 is 24.5 Å². The Labute approximate surface area is 192 Å². The normalized spacial score (nSPS) is 11.3. The molecule has 2 amide bonds. The maximum atomic E-state index is 13.4. The van der Waals surface area contributed by atoms with Crippen molar-refractivity contribution in [2.24, 2.45) is 0 Å². The number of methoxy groups -OCH3 is 1. The van der Waals surface area contributed by atoms with Gasteiger partial charge in [0.15, 0.2) is 0 Å². The first kappa shape index (κ1) is 22.8. The smallest absolute Gasteiger partial charge is 0.449 e. The lowest BCUT2D eigenvalue weighted by molar-refractivity contribution is -0.147. The molecule has 0 saturated heterocycles. The Hall–Kier alpha value is -4.34. The topological polar surface area (TPSA) is 85.3 Å². The molecular weight excluding hydrogens is 449 g/mol. The maximum absolute atomic E-state index is 13.4. The fourth-order valence-corrected chi connectivity index (χ4v) is 3.44. The molecule has 34 heavy (non-hydrogen) atoms. The fourth-order valence-electron chi connectivity index (χ4n) is 3.44. The quantitative estimate of drug-likeness (QED) is 0.419. The number of hydrogen-bond acceptors (Lipinski definition) is 4. The third-order valence-corrected chi connectivity index (χ3v) is 5.00. The van der Waals surface area contributed by atoms with Gasteiger partial charge in [-0.25, -0.2) is 4.98 Å². The van der Waals surface area contributed by atoms with E-state index in [9.17, 15) is 22.8 Å². The minimum Gasteiger partial charge on any atom is -0.495 e. The van der Waals surface area contributed by atoms with Crippen molar-refractivity contribution in [3.63, 3.8) is 0 Å². The van der Waals surface area contributed by atoms with Gasteiger partial charge < -0.3 is 19.9 Å². The number of hydrogen-bond donors (Lipinski definition) is 2. The first-order valence-electron chi connectivity index (χ1n) is 10.1. The van der Waals surface area contributed by atoms with Crippen molar-refractivity contribution in [2.75, 3.05) is 17.7 Å². The molecule has 174 valence electrons. The van der Waals surface area contributed by atoms with E-state index in [4.69, 9.17) is 4.74 Å². The van der Waals surface area contributed by atoms with Crippen molar-refractivity contribution in [3.05, 3.63) is 84.2 Å². The predicted molar refractivity (Wildman–Crippen MR) is 121 cm³/mol. The number of para-hydroxylation sites is 4. The molecule has 0 aliphatic carbocycles. The molecule has 0 bridgehead atoms. The number of carbonyl (C=O) groups excluding carboxylic acids is 2. The van der Waals surface area contributed by atoms with Crippen molar-refractivity contribution in [2.45, 2.75) is 12.7 Å². The molecule has 7 nitrogen and oxygen atoms in total. The third kappa shape index (κ3) is 4.85. The standard InChI is InChI=1S/C24H19F3N4O3/c1-34-20-9-5-3-7-18(20)29-22(33)15-10-12-16(13-11-15)28-21(32)14-31-19-8-4-2-6-17(19)30-23(31)24(25,26)27/h2-13H,14H2,1H3,(H,28,32)(H,29,33). The molecule has 0 fully saturated rings. The minimum atomic E-state index is -4.71. The van der Waals surface area contributed by atoms with Crippen LogP contribution in [0.3, 0.4) is 0 Å². The number of benzene rings is 3. The largest absolute Gasteiger partial charge is 0.495 e. The molecule has 0 radical (unpaired) electrons. The van der Waals surface area contributed by atoms with E-state index in [-0.39, 0.29) is 16.9 Å². The van der Waals surface area contributed by atoms with Crippen molar-refractivity contribution >= 4 is 34.2 Å². The van der Waals surface area contributed by atoms with Gasteiger partial charge in [-0.15, -0.1) is 0 Å². The zero-order chi connectivity index (χ0) is 24.3. The molecule has 0 spiro atoms. The van der Waals surface area contributed by atoms with Crippen molar-refractivity contribution in [1.82, 2.24) is 9.55 Å². The number of rotatable bonds is 6. The zero-order valence-electron chi connectivity index (χ0n) is 17.9. The molecule has 2 N–H and O–H groups in total. The SMILES string of the molecule is COc1ccccc1NC(=O)c1ccc(NC(=O)Cn2c(C(F)(F)F)nc3ccccc32)cc1. The highest BCUT2D eigenvalue weighted by atomic mass is 19.4. The van der Waals surface area contributed by atoms with Crippen LogP contribution in [0.5, 0.6) is 5.75 Å². The number of carbonyl (C=O) groups is 2. The second-order valence-corrected chi connectivity index (χ2v) is 7.29. The van der Waals surface area contributed by atoms with Gasteiger partial charge in [0.2, 0.25) is 11.7 Å². The number of fused-ring (bicyclic) bond motifs is 1. The first-order valence-corrected chi connectivity index (χ1v) is 10.1. The highest BCUT2D eigenvalue weighted by Crippen LogP contribution is 2.31. The van der Waals surface area contributed by atoms with E-state index in [1.165, 1.54) is 43.5 Å². The summed E-state index contributed by atoms with van der Waals surface area (Å²) in [5, 5.41) is 5.29. The molecule has 4 rings (SSSR count). The Morgan fingerprint density at radius 3 is 2.32 bits per heavy atom. The van der Waals surface area contributed by atoms with E-state index >= 15 is 0 Å². The molecule has 10 heteroatoms. The molecule has 1 aromatic heterocycles. The average molecular weight is 468 g/mol. The Balaban J connectivity index is 1.46. The molecule has 0 aliphatic heterocycles. The van der Waals surface area contributed by atoms with Gasteiger partial charge in [0.05, 0.1) is 23.8 Å². The van der Waals surface area contributed by atoms with Gasteiger partial charge in [0.1, 0.15) is 12.3 Å². The number of amides is 2. The van der Waals surface area contributed by atoms with Crippen LogP contribution in [0, 0.1) is 0 Å². The summed E-state index contributed by atoms with van der Waals surface area (Å²) in [6, 6.07) is 19.0. The summed E-state index contributed by atoms with van der Waals surface area (Å²) in [7, 11) is 1.49. The molecular formula is C24H19F3N4O3. The molecule has 0 unspecified atom stereocenters. The molecule has 3 aromatic carbocycles. The van der Waals surface area contributed by atoms with Crippen LogP contribution < -0.4 is 15.4 Å². The third-order valence-electron chi connectivity index (χ3n) is 5.00. The highest BCUT2D eigenvalue weighted by molar-refractivity contribution is 6.05. The lowest BCUT2D eigenvalue weighted by Crippen LogP contribution is -2.23. The van der Waals surface area contributed by atoms with Crippen molar-refractivity contribution < 1.29 is 27.5 Å². The van der Waals surface area contributed by atoms with Crippen LogP contribution in [-0.4, -0.2) is 28.5 Å². The number of alkyl halides is 3. The molecule has 4 aromatic rings. The summed E-state index contributed by atoms with van der Waals surface area (Å²) in [5.74, 6) is -1.70. The van der Waals surface area contributed by atoms with Crippen LogP contribution >= 0.6 is 0 Å². The number of halogens is 3. The van der Waals surface area contributed by atoms with Crippen LogP contribution in [0.15, 0.2) is 72.8 Å². The predicted octanol–water partition coefficient (Wildman–Crippen LogP) is 4.95. The Bertz CT molecular complexity index is 1350. The van der Waals surface area contributed by atoms with Crippen LogP contribution in [0.25, 0.3) is 11.0 Å². The van der Waals surface area contributed by atoms with E-state index in [2.05, 4.69) is 15.6 Å². The Morgan fingerprint density at radius 2 is 1.62 bits per heavy atom. The second kappa shape index (κ2) is 9.26. The van der Waals surface area contributed by atoms with Gasteiger partial charge >= 0.3 is 6.18 Å². The summed E-state index contributed by atoms with van der Waals surface area (Å²) in [6.07, 6.45) is -4.71. The van der Waals surface area contributed by atoms with Gasteiger partial charge in [0.25, 0.3) is 5.91 Å². The summed E-state index contributed by atoms with van der Waals surface area (Å²) >= 11 is 0. The summed E-state index contributed by atoms with van der Waals surface area (Å²) in [6.45, 7) is -0.578. The number of nitrogens with one attached hydrogen (secondary N) is 2. The number of ether oxygens (including phenoxy) is 1. The molecule has 1 heterocycles. The molecule has 0 saturated carbocycles. The van der Waals surface area contributed by atoms with Crippen molar-refractivity contribution in [3.8, 4) is 5.75 Å². The lowest BCUT2D eigenvalue weighted by atomic mass is 10.2. The van der Waals surface area contributed by atoms with Gasteiger partial charge in [-0.1, -0.05) is 24.3 Å². The van der Waals surface area contributed by atoms with E-state index in [0.717, 1.165) is 4.57 Å². The molecule has 0 atom stereocenters. The fraction of sp³-hybridized carbons (Fsp3) is 0.125. The van der Waals surface area contributed by atoms with E-state index in [1.54, 1.807) is 36.4 Å². The Kier molecular flexibility index (Phi) is 6.22. The van der Waals surface area contributed by atoms with Gasteiger partial charge in [-0.3, -0.25) is 9.59 Å². The lowest BCUT2D eigenvalue weighted by Gasteiger charge is -2.12. The van der Waals surface area contributed by atoms with Gasteiger partial charge in [-0.2, -0.15) is 13.2 Å². The van der Waals surface area contributed by atoms with Gasteiger partial charge in [0, 0.05) is 11.3 Å². The number of anilines is 2. The van der Waals surface area contributed by atoms with Gasteiger partial charge in [-0.05, 0) is 48.5 Å². The summed E-state index contributed by atoms with van der Waals surface area (Å²) < 4.78 is 46.3. The van der Waals surface area contributed by atoms with Crippen LogP contribution in [0.1, 0.15) is 16.2 Å². The second-order valence-electron chi connectivity index (χ2n) is 7.29. The zero-order valence-corrected chi connectivity index (χ0v) is 17.9. The Morgan fingerprint density at radius 1 is 0.941 bits per heavy atom. The minimum absolute atomic E-state index is 0.146. The van der Waals surface area contributed by atoms with Crippen molar-refractivity contribution in [1.29, 1.82) is 0 Å². The van der Waals surface area contributed by atoms with E-state index in [1.807, 2.05) is 0 Å². The number of aromatic nitrogens is 2. The summed E-state index contributed by atoms with van der Waals surface area (Å²) in [5.41, 5.74) is 1.50. The highest BCUT2D eigenvalue weighted by Gasteiger charge is 2.38. The van der Waals surface area contributed by atoms with Crippen LogP contribution in [0.2, 0.25) is 0 Å². The van der Waals surface area contributed by atoms with Crippen LogP contribution in [0.4, 0.5) is 24.5 Å². The molecule has 0 aliphatic rings. The number of imidazole rings is 1. The average Bonchev–Trinajstić information content (AvgIpc) is 3.19. The first-order chi connectivity index (χ1) is 16.3. The number of nitrogens with zero attached hydrogens (tertiary/aromatic N) is 2. The van der Waals surface area contributed by atoms with Crippen LogP contribution in [-0.2, 0) is 17.5 Å². The summed E-state index contributed by atoms with van der Waals surface area (Å²) in [4.78, 5) is 28.7. The van der Waals surface area contributed by atoms with E-state index in [0.29, 0.717) is 22.7 Å². The maximum Gasteiger partial charge on any atom is 0.449 e. The monoisotopic (exact) mass is 468 g/mol.